The summed E-state index contributed by atoms with van der Waals surface area (Å²) in [5.41, 5.74) is 2.93. The predicted molar refractivity (Wildman–Crippen MR) is 86.7 cm³/mol. The smallest absolute Gasteiger partial charge is 0.270 e. The Morgan fingerprint density at radius 1 is 1.43 bits per heavy atom. The van der Waals surface area contributed by atoms with E-state index in [2.05, 4.69) is 9.97 Å². The number of hydrogen-bond donors (Lipinski definition) is 1. The lowest BCUT2D eigenvalue weighted by Gasteiger charge is -2.15. The quantitative estimate of drug-likeness (QED) is 0.570. The summed E-state index contributed by atoms with van der Waals surface area (Å²) in [4.78, 5) is 19.9. The maximum Gasteiger partial charge on any atom is 0.270 e. The van der Waals surface area contributed by atoms with Gasteiger partial charge in [-0.2, -0.15) is 0 Å². The zero-order valence-corrected chi connectivity index (χ0v) is 13.0. The number of nitrogens with zero attached hydrogens (tertiary/aromatic N) is 3. The van der Waals surface area contributed by atoms with Crippen LogP contribution in [0.5, 0.6) is 5.75 Å². The molecule has 2 heterocycles. The van der Waals surface area contributed by atoms with Crippen LogP contribution in [0.3, 0.4) is 0 Å². The van der Waals surface area contributed by atoms with Crippen molar-refractivity contribution in [2.75, 3.05) is 6.61 Å². The van der Waals surface area contributed by atoms with Gasteiger partial charge < -0.3 is 9.84 Å². The molecule has 0 saturated heterocycles. The molecule has 2 aromatic heterocycles. The molecule has 0 spiro atoms. The fourth-order valence-electron chi connectivity index (χ4n) is 2.12. The molecular weight excluding hydrogens is 318 g/mol. The van der Waals surface area contributed by atoms with Crippen molar-refractivity contribution in [1.82, 2.24) is 9.97 Å². The number of nitro benzene ring substituents is 1. The van der Waals surface area contributed by atoms with E-state index in [9.17, 15) is 15.2 Å². The molecule has 0 fully saturated rings. The third kappa shape index (κ3) is 3.13. The number of hydrogen-bond acceptors (Lipinski definition) is 7. The second kappa shape index (κ2) is 6.27. The molecular formula is C15H13N3O4S. The van der Waals surface area contributed by atoms with Crippen LogP contribution in [0.15, 0.2) is 36.0 Å². The minimum atomic E-state index is -0.463. The van der Waals surface area contributed by atoms with Crippen molar-refractivity contribution in [3.63, 3.8) is 0 Å². The summed E-state index contributed by atoms with van der Waals surface area (Å²) in [5.74, 6) is 0.448. The zero-order chi connectivity index (χ0) is 16.4. The molecule has 1 aromatic carbocycles. The van der Waals surface area contributed by atoms with Gasteiger partial charge in [-0.25, -0.2) is 4.98 Å². The Labute approximate surface area is 135 Å². The van der Waals surface area contributed by atoms with Gasteiger partial charge in [0.15, 0.2) is 0 Å². The maximum absolute atomic E-state index is 11.0. The van der Waals surface area contributed by atoms with Crippen LogP contribution >= 0.6 is 11.3 Å². The molecule has 0 aliphatic carbocycles. The van der Waals surface area contributed by atoms with Crippen LogP contribution < -0.4 is 4.74 Å². The number of rotatable bonds is 5. The van der Waals surface area contributed by atoms with Crippen molar-refractivity contribution >= 4 is 27.9 Å². The first kappa shape index (κ1) is 15.3. The summed E-state index contributed by atoms with van der Waals surface area (Å²) in [5, 5.41) is 20.7. The van der Waals surface area contributed by atoms with E-state index in [4.69, 9.17) is 4.74 Å². The first-order valence-corrected chi connectivity index (χ1v) is 7.72. The molecule has 0 aliphatic heterocycles. The minimum Gasteiger partial charge on any atom is -0.488 e. The second-order valence-corrected chi connectivity index (χ2v) is 5.83. The maximum atomic E-state index is 11.0. The van der Waals surface area contributed by atoms with E-state index >= 15 is 0 Å². The van der Waals surface area contributed by atoms with Crippen LogP contribution in [0.2, 0.25) is 0 Å². The average Bonchev–Trinajstić information content (AvgIpc) is 3.08. The van der Waals surface area contributed by atoms with Crippen LogP contribution in [0.1, 0.15) is 6.92 Å². The van der Waals surface area contributed by atoms with Crippen molar-refractivity contribution in [3.05, 3.63) is 46.1 Å². The number of benzene rings is 1. The molecule has 7 nitrogen and oxygen atoms in total. The first-order chi connectivity index (χ1) is 11.1. The molecule has 8 heteroatoms. The number of thiazole rings is 1. The van der Waals surface area contributed by atoms with Gasteiger partial charge in [0.25, 0.3) is 5.69 Å². The van der Waals surface area contributed by atoms with Crippen molar-refractivity contribution in [2.24, 2.45) is 0 Å². The molecule has 1 N–H and O–H groups in total. The van der Waals surface area contributed by atoms with Crippen LogP contribution in [0.25, 0.3) is 21.5 Å². The topological polar surface area (TPSA) is 98.4 Å². The highest BCUT2D eigenvalue weighted by Gasteiger charge is 2.15. The van der Waals surface area contributed by atoms with Gasteiger partial charge >= 0.3 is 0 Å². The molecule has 23 heavy (non-hydrogen) atoms. The number of aliphatic hydroxyl groups is 1. The average molecular weight is 331 g/mol. The normalized spacial score (nSPS) is 12.3. The van der Waals surface area contributed by atoms with Gasteiger partial charge in [0.1, 0.15) is 11.9 Å². The number of aromatic nitrogens is 2. The molecule has 0 bridgehead atoms. The van der Waals surface area contributed by atoms with Gasteiger partial charge in [0, 0.05) is 29.8 Å². The SMILES string of the molecule is CC(CO)Oc1cc(-c2cncs2)nc2ccc([N+](=O)[O-])cc12. The van der Waals surface area contributed by atoms with Crippen LogP contribution in [0.4, 0.5) is 5.69 Å². The van der Waals surface area contributed by atoms with E-state index in [0.717, 1.165) is 4.88 Å². The second-order valence-electron chi connectivity index (χ2n) is 4.94. The fraction of sp³-hybridized carbons (Fsp3) is 0.200. The number of aliphatic hydroxyl groups excluding tert-OH is 1. The van der Waals surface area contributed by atoms with E-state index in [-0.39, 0.29) is 12.3 Å². The monoisotopic (exact) mass is 331 g/mol. The summed E-state index contributed by atoms with van der Waals surface area (Å²) < 4.78 is 5.72. The lowest BCUT2D eigenvalue weighted by atomic mass is 10.1. The number of pyridine rings is 1. The van der Waals surface area contributed by atoms with Gasteiger partial charge in [-0.15, -0.1) is 11.3 Å². The van der Waals surface area contributed by atoms with Crippen LogP contribution in [0, 0.1) is 10.1 Å². The first-order valence-electron chi connectivity index (χ1n) is 6.84. The highest BCUT2D eigenvalue weighted by Crippen LogP contribution is 2.33. The van der Waals surface area contributed by atoms with Gasteiger partial charge in [0.05, 0.1) is 33.1 Å². The minimum absolute atomic E-state index is 0.0358. The fourth-order valence-corrected chi connectivity index (χ4v) is 2.70. The Morgan fingerprint density at radius 2 is 2.26 bits per heavy atom. The van der Waals surface area contributed by atoms with E-state index < -0.39 is 11.0 Å². The summed E-state index contributed by atoms with van der Waals surface area (Å²) >= 11 is 1.44. The highest BCUT2D eigenvalue weighted by molar-refractivity contribution is 7.13. The van der Waals surface area contributed by atoms with Crippen molar-refractivity contribution in [1.29, 1.82) is 0 Å². The number of nitro groups is 1. The van der Waals surface area contributed by atoms with Gasteiger partial charge in [-0.3, -0.25) is 15.1 Å². The molecule has 3 rings (SSSR count). The van der Waals surface area contributed by atoms with Crippen molar-refractivity contribution in [3.8, 4) is 16.3 Å². The predicted octanol–water partition coefficient (Wildman–Crippen LogP) is 3.03. The standard InChI is InChI=1S/C15H13N3O4S/c1-9(7-19)22-14-5-13(15-6-16-8-23-15)17-12-3-2-10(18(20)21)4-11(12)14/h2-6,8-9,19H,7H2,1H3. The molecule has 118 valence electrons. The molecule has 1 atom stereocenters. The molecule has 0 saturated carbocycles. The Kier molecular flexibility index (Phi) is 4.18. The highest BCUT2D eigenvalue weighted by atomic mass is 32.1. The summed E-state index contributed by atoms with van der Waals surface area (Å²) in [6.45, 7) is 1.56. The lowest BCUT2D eigenvalue weighted by molar-refractivity contribution is -0.384. The van der Waals surface area contributed by atoms with Crippen molar-refractivity contribution in [2.45, 2.75) is 13.0 Å². The number of non-ortho nitro benzene ring substituents is 1. The molecule has 0 amide bonds. The third-order valence-electron chi connectivity index (χ3n) is 3.24. The Morgan fingerprint density at radius 3 is 2.91 bits per heavy atom. The molecule has 1 unspecified atom stereocenters. The van der Waals surface area contributed by atoms with E-state index in [0.29, 0.717) is 22.3 Å². The van der Waals surface area contributed by atoms with E-state index in [1.165, 1.54) is 23.5 Å². The Balaban J connectivity index is 2.19. The van der Waals surface area contributed by atoms with Gasteiger partial charge in [-0.1, -0.05) is 0 Å². The summed E-state index contributed by atoms with van der Waals surface area (Å²) in [6, 6.07) is 6.14. The van der Waals surface area contributed by atoms with Crippen molar-refractivity contribution < 1.29 is 14.8 Å². The number of fused-ring (bicyclic) bond motifs is 1. The van der Waals surface area contributed by atoms with Gasteiger partial charge in [0.2, 0.25) is 0 Å². The zero-order valence-electron chi connectivity index (χ0n) is 12.2. The van der Waals surface area contributed by atoms with E-state index in [1.807, 2.05) is 0 Å². The van der Waals surface area contributed by atoms with Crippen LogP contribution in [-0.2, 0) is 0 Å². The largest absolute Gasteiger partial charge is 0.488 e. The lowest BCUT2D eigenvalue weighted by Crippen LogP contribution is -2.16. The molecule has 0 aliphatic rings. The Hall–Kier alpha value is -2.58. The number of ether oxygens (including phenoxy) is 1. The third-order valence-corrected chi connectivity index (χ3v) is 4.03. The van der Waals surface area contributed by atoms with E-state index in [1.54, 1.807) is 30.8 Å². The molecule has 0 radical (unpaired) electrons. The summed E-state index contributed by atoms with van der Waals surface area (Å²) in [6.07, 6.45) is 1.26. The summed E-state index contributed by atoms with van der Waals surface area (Å²) in [7, 11) is 0. The van der Waals surface area contributed by atoms with Gasteiger partial charge in [-0.05, 0) is 13.0 Å². The molecule has 3 aromatic rings. The Bertz CT molecular complexity index is 851. The van der Waals surface area contributed by atoms with Crippen LogP contribution in [-0.4, -0.2) is 32.7 Å².